The summed E-state index contributed by atoms with van der Waals surface area (Å²) in [6.07, 6.45) is -4.81. The van der Waals surface area contributed by atoms with Crippen molar-refractivity contribution >= 4 is 26.0 Å². The van der Waals surface area contributed by atoms with E-state index in [0.717, 1.165) is 12.1 Å². The predicted octanol–water partition coefficient (Wildman–Crippen LogP) is 3.30. The number of benzene rings is 1. The molecule has 0 spiro atoms. The van der Waals surface area contributed by atoms with E-state index in [2.05, 4.69) is 10.7 Å². The van der Waals surface area contributed by atoms with Gasteiger partial charge < -0.3 is 4.74 Å². The van der Waals surface area contributed by atoms with Crippen molar-refractivity contribution in [1.82, 2.24) is 0 Å². The molecule has 1 N–H and O–H groups in total. The van der Waals surface area contributed by atoms with Gasteiger partial charge in [0.25, 0.3) is 0 Å². The minimum Gasteiger partial charge on any atom is -0.459 e. The molecule has 0 bridgehead atoms. The lowest BCUT2D eigenvalue weighted by Gasteiger charge is -2.10. The molecule has 5 nitrogen and oxygen atoms in total. The molecule has 0 saturated heterocycles. The van der Waals surface area contributed by atoms with Crippen LogP contribution >= 0.6 is 10.7 Å². The van der Waals surface area contributed by atoms with Gasteiger partial charge in [0.1, 0.15) is 0 Å². The van der Waals surface area contributed by atoms with Crippen LogP contribution in [0.1, 0.15) is 29.8 Å². The van der Waals surface area contributed by atoms with Gasteiger partial charge in [-0.3, -0.25) is 4.55 Å². The van der Waals surface area contributed by atoms with Crippen LogP contribution in [0.3, 0.4) is 0 Å². The summed E-state index contributed by atoms with van der Waals surface area (Å²) in [4.78, 5) is 11.3. The van der Waals surface area contributed by atoms with Gasteiger partial charge in [-0.25, -0.2) is 4.79 Å². The van der Waals surface area contributed by atoms with Crippen molar-refractivity contribution in [2.45, 2.75) is 26.1 Å². The molecule has 10 heteroatoms. The molecule has 0 fully saturated rings. The Morgan fingerprint density at radius 3 is 2.19 bits per heavy atom. The Labute approximate surface area is 123 Å². The van der Waals surface area contributed by atoms with E-state index in [1.807, 2.05) is 0 Å². The summed E-state index contributed by atoms with van der Waals surface area (Å²) in [6, 6.07) is 4.16. The second-order valence-corrected chi connectivity index (χ2v) is 5.94. The number of carbonyl (C=O) groups excluding carboxylic acids is 1. The second-order valence-electron chi connectivity index (χ2n) is 3.94. The maximum atomic E-state index is 12.3. The minimum absolute atomic E-state index is 0.0940. The number of carbonyl (C=O) groups is 1. The van der Waals surface area contributed by atoms with Crippen LogP contribution in [0.2, 0.25) is 0 Å². The predicted molar refractivity (Wildman–Crippen MR) is 69.4 cm³/mol. The average molecular weight is 349 g/mol. The SMILES string of the molecule is CC(C)OC(=O)c1cccc(C(F)(F)F)c1.O=S(=O)(O)Cl. The molecule has 1 rings (SSSR count). The van der Waals surface area contributed by atoms with E-state index in [1.54, 1.807) is 13.8 Å². The number of ether oxygens (including phenoxy) is 1. The Balaban J connectivity index is 0.000000690. The lowest BCUT2D eigenvalue weighted by molar-refractivity contribution is -0.137. The van der Waals surface area contributed by atoms with Gasteiger partial charge in [-0.05, 0) is 32.0 Å². The van der Waals surface area contributed by atoms with Crippen LogP contribution in [0, 0.1) is 0 Å². The maximum absolute atomic E-state index is 12.3. The molecule has 0 atom stereocenters. The lowest BCUT2D eigenvalue weighted by atomic mass is 10.1. The zero-order valence-corrected chi connectivity index (χ0v) is 12.5. The molecule has 0 unspecified atom stereocenters. The minimum atomic E-state index is -4.45. The first-order valence-electron chi connectivity index (χ1n) is 5.36. The largest absolute Gasteiger partial charge is 0.459 e. The normalized spacial score (nSPS) is 11.6. The first kappa shape index (κ1) is 19.7. The number of esters is 1. The molecule has 0 radical (unpaired) electrons. The molecular weight excluding hydrogens is 337 g/mol. The quantitative estimate of drug-likeness (QED) is 0.504. The first-order chi connectivity index (χ1) is 9.30. The number of alkyl halides is 3. The summed E-state index contributed by atoms with van der Waals surface area (Å²) in [7, 11) is -0.137. The molecule has 0 aliphatic rings. The third-order valence-corrected chi connectivity index (χ3v) is 1.77. The standard InChI is InChI=1S/C11H11F3O2.ClHO3S/c1-7(2)16-10(15)8-4-3-5-9(6-8)11(12,13)14;1-5(2,3)4/h3-7H,1-2H3;(H,2,3,4). The van der Waals surface area contributed by atoms with Crippen LogP contribution < -0.4 is 0 Å². The smallest absolute Gasteiger partial charge is 0.416 e. The summed E-state index contributed by atoms with van der Waals surface area (Å²) in [5.74, 6) is -0.749. The molecule has 1 aromatic rings. The topological polar surface area (TPSA) is 80.7 Å². The zero-order chi connectivity index (χ0) is 16.8. The number of hydrogen-bond donors (Lipinski definition) is 1. The van der Waals surface area contributed by atoms with Gasteiger partial charge in [0.05, 0.1) is 17.2 Å². The van der Waals surface area contributed by atoms with E-state index in [1.165, 1.54) is 12.1 Å². The van der Waals surface area contributed by atoms with Crippen LogP contribution in [0.4, 0.5) is 13.2 Å². The Morgan fingerprint density at radius 2 is 1.81 bits per heavy atom. The van der Waals surface area contributed by atoms with Gasteiger partial charge in [-0.15, -0.1) is 0 Å². The fraction of sp³-hybridized carbons (Fsp3) is 0.364. The molecular formula is C11H12ClF3O5S. The highest BCUT2D eigenvalue weighted by Crippen LogP contribution is 2.29. The Kier molecular flexibility index (Phi) is 7.14. The lowest BCUT2D eigenvalue weighted by Crippen LogP contribution is -2.13. The molecule has 0 heterocycles. The van der Waals surface area contributed by atoms with Crippen LogP contribution in [-0.2, 0) is 20.2 Å². The highest BCUT2D eigenvalue weighted by atomic mass is 35.7. The van der Waals surface area contributed by atoms with Crippen LogP contribution in [0.25, 0.3) is 0 Å². The molecule has 0 aromatic heterocycles. The third kappa shape index (κ3) is 10.1. The van der Waals surface area contributed by atoms with E-state index in [9.17, 15) is 18.0 Å². The van der Waals surface area contributed by atoms with Crippen molar-refractivity contribution in [3.05, 3.63) is 35.4 Å². The van der Waals surface area contributed by atoms with Gasteiger partial charge in [0.2, 0.25) is 0 Å². The monoisotopic (exact) mass is 348 g/mol. The van der Waals surface area contributed by atoms with Crippen molar-refractivity contribution in [1.29, 1.82) is 0 Å². The fourth-order valence-corrected chi connectivity index (χ4v) is 1.10. The van der Waals surface area contributed by atoms with Gasteiger partial charge >= 0.3 is 21.5 Å². The number of halogens is 4. The van der Waals surface area contributed by atoms with Crippen LogP contribution in [-0.4, -0.2) is 25.0 Å². The van der Waals surface area contributed by atoms with Crippen molar-refractivity contribution in [2.24, 2.45) is 0 Å². The number of rotatable bonds is 2. The zero-order valence-electron chi connectivity index (χ0n) is 10.9. The molecule has 21 heavy (non-hydrogen) atoms. The molecule has 0 amide bonds. The van der Waals surface area contributed by atoms with Crippen molar-refractivity contribution in [2.75, 3.05) is 0 Å². The van der Waals surface area contributed by atoms with Gasteiger partial charge in [-0.2, -0.15) is 21.6 Å². The maximum Gasteiger partial charge on any atom is 0.416 e. The van der Waals surface area contributed by atoms with Crippen molar-refractivity contribution in [3.63, 3.8) is 0 Å². The molecule has 0 saturated carbocycles. The van der Waals surface area contributed by atoms with E-state index in [-0.39, 0.29) is 11.7 Å². The summed E-state index contributed by atoms with van der Waals surface area (Å²) >= 11 is 0. The van der Waals surface area contributed by atoms with E-state index >= 15 is 0 Å². The summed E-state index contributed by atoms with van der Waals surface area (Å²) < 4.78 is 67.0. The van der Waals surface area contributed by atoms with Crippen molar-refractivity contribution < 1.29 is 35.7 Å². The van der Waals surface area contributed by atoms with Crippen LogP contribution in [0.5, 0.6) is 0 Å². The van der Waals surface area contributed by atoms with E-state index in [0.29, 0.717) is 0 Å². The van der Waals surface area contributed by atoms with Crippen LogP contribution in [0.15, 0.2) is 24.3 Å². The van der Waals surface area contributed by atoms with Gasteiger partial charge in [0, 0.05) is 10.7 Å². The highest BCUT2D eigenvalue weighted by Gasteiger charge is 2.31. The summed E-state index contributed by atoms with van der Waals surface area (Å²) in [5.41, 5.74) is -0.950. The van der Waals surface area contributed by atoms with Gasteiger partial charge in [0.15, 0.2) is 0 Å². The van der Waals surface area contributed by atoms with Crippen molar-refractivity contribution in [3.8, 4) is 0 Å². The van der Waals surface area contributed by atoms with Gasteiger partial charge in [-0.1, -0.05) is 6.07 Å². The highest BCUT2D eigenvalue weighted by molar-refractivity contribution is 8.09. The first-order valence-corrected chi connectivity index (χ1v) is 7.62. The second kappa shape index (κ2) is 7.62. The van der Waals surface area contributed by atoms with E-state index in [4.69, 9.17) is 17.7 Å². The molecule has 0 aliphatic heterocycles. The summed E-state index contributed by atoms with van der Waals surface area (Å²) in [5, 5.41) is 0. The molecule has 120 valence electrons. The Morgan fingerprint density at radius 1 is 1.33 bits per heavy atom. The average Bonchev–Trinajstić information content (AvgIpc) is 2.25. The Bertz CT molecular complexity index is 576. The Hall–Kier alpha value is -1.32. The van der Waals surface area contributed by atoms with E-state index < -0.39 is 27.0 Å². The molecule has 0 aliphatic carbocycles. The number of hydrogen-bond acceptors (Lipinski definition) is 4. The third-order valence-electron chi connectivity index (χ3n) is 1.77. The molecule has 1 aromatic carbocycles. The fourth-order valence-electron chi connectivity index (χ4n) is 1.10. The summed E-state index contributed by atoms with van der Waals surface area (Å²) in [6.45, 7) is 3.26.